The fourth-order valence-corrected chi connectivity index (χ4v) is 4.09. The van der Waals surface area contributed by atoms with Crippen LogP contribution in [0, 0.1) is 6.92 Å². The molecule has 4 nitrogen and oxygen atoms in total. The van der Waals surface area contributed by atoms with Crippen LogP contribution in [-0.2, 0) is 16.2 Å². The van der Waals surface area contributed by atoms with E-state index in [1.165, 1.54) is 12.7 Å². The SMILES string of the molecule is COC(=O)c1cc(CSC2=Nc3ccccc3CS2)oc1C. The summed E-state index contributed by atoms with van der Waals surface area (Å²) in [6.45, 7) is 1.77. The molecule has 0 aliphatic carbocycles. The number of para-hydroxylation sites is 1. The van der Waals surface area contributed by atoms with Crippen molar-refractivity contribution in [1.82, 2.24) is 0 Å². The number of ether oxygens (including phenoxy) is 1. The lowest BCUT2D eigenvalue weighted by atomic mass is 10.2. The van der Waals surface area contributed by atoms with Crippen LogP contribution in [0.4, 0.5) is 5.69 Å². The fourth-order valence-electron chi connectivity index (χ4n) is 2.15. The van der Waals surface area contributed by atoms with Gasteiger partial charge in [-0.15, -0.1) is 0 Å². The summed E-state index contributed by atoms with van der Waals surface area (Å²) in [5.41, 5.74) is 2.79. The summed E-state index contributed by atoms with van der Waals surface area (Å²) in [6, 6.07) is 9.91. The monoisotopic (exact) mass is 333 g/mol. The highest BCUT2D eigenvalue weighted by Crippen LogP contribution is 2.35. The molecule has 6 heteroatoms. The second-order valence-electron chi connectivity index (χ2n) is 4.76. The number of hydrogen-bond acceptors (Lipinski definition) is 6. The Bertz CT molecular complexity index is 737. The molecule has 0 saturated carbocycles. The van der Waals surface area contributed by atoms with Crippen LogP contribution >= 0.6 is 23.5 Å². The summed E-state index contributed by atoms with van der Waals surface area (Å²) in [5, 5.41) is 0. The molecule has 0 radical (unpaired) electrons. The zero-order chi connectivity index (χ0) is 15.5. The molecule has 114 valence electrons. The van der Waals surface area contributed by atoms with Gasteiger partial charge in [-0.1, -0.05) is 41.7 Å². The summed E-state index contributed by atoms with van der Waals surface area (Å²) in [4.78, 5) is 16.2. The quantitative estimate of drug-likeness (QED) is 0.772. The van der Waals surface area contributed by atoms with E-state index in [4.69, 9.17) is 9.15 Å². The molecule has 0 atom stereocenters. The number of fused-ring (bicyclic) bond motifs is 1. The van der Waals surface area contributed by atoms with E-state index in [9.17, 15) is 4.79 Å². The molecule has 0 N–H and O–H groups in total. The first-order valence-corrected chi connectivity index (χ1v) is 8.74. The number of furan rings is 1. The highest BCUT2D eigenvalue weighted by atomic mass is 32.2. The highest BCUT2D eigenvalue weighted by molar-refractivity contribution is 8.38. The largest absolute Gasteiger partial charge is 0.465 e. The standard InChI is InChI=1S/C16H15NO3S2/c1-10-13(15(18)19-2)7-12(20-10)9-22-16-17-14-6-4-3-5-11(14)8-21-16/h3-7H,8-9H2,1-2H3. The number of carbonyl (C=O) groups is 1. The van der Waals surface area contributed by atoms with Gasteiger partial charge < -0.3 is 9.15 Å². The Morgan fingerprint density at radius 3 is 3.09 bits per heavy atom. The van der Waals surface area contributed by atoms with Crippen LogP contribution in [0.15, 0.2) is 39.7 Å². The van der Waals surface area contributed by atoms with Crippen LogP contribution in [0.5, 0.6) is 0 Å². The topological polar surface area (TPSA) is 51.8 Å². The minimum absolute atomic E-state index is 0.365. The number of hydrogen-bond donors (Lipinski definition) is 0. The van der Waals surface area contributed by atoms with Gasteiger partial charge in [0, 0.05) is 5.75 Å². The maximum Gasteiger partial charge on any atom is 0.341 e. The average Bonchev–Trinajstić information content (AvgIpc) is 2.93. The van der Waals surface area contributed by atoms with Gasteiger partial charge >= 0.3 is 5.97 Å². The van der Waals surface area contributed by atoms with Crippen molar-refractivity contribution in [3.05, 3.63) is 53.0 Å². The number of esters is 1. The maximum atomic E-state index is 11.6. The number of nitrogens with zero attached hydrogens (tertiary/aromatic N) is 1. The van der Waals surface area contributed by atoms with Gasteiger partial charge in [-0.05, 0) is 24.6 Å². The molecule has 1 aliphatic rings. The second kappa shape index (κ2) is 6.62. The van der Waals surface area contributed by atoms with Crippen molar-refractivity contribution in [2.24, 2.45) is 4.99 Å². The Labute approximate surface area is 137 Å². The number of benzene rings is 1. The zero-order valence-corrected chi connectivity index (χ0v) is 13.9. The molecule has 3 rings (SSSR count). The summed E-state index contributed by atoms with van der Waals surface area (Å²) in [6.07, 6.45) is 0. The van der Waals surface area contributed by atoms with Gasteiger partial charge in [0.1, 0.15) is 21.5 Å². The van der Waals surface area contributed by atoms with Crippen molar-refractivity contribution in [3.8, 4) is 0 Å². The van der Waals surface area contributed by atoms with Crippen LogP contribution in [0.2, 0.25) is 0 Å². The minimum Gasteiger partial charge on any atom is -0.465 e. The molecule has 22 heavy (non-hydrogen) atoms. The van der Waals surface area contributed by atoms with Crippen LogP contribution in [0.25, 0.3) is 0 Å². The first-order valence-electron chi connectivity index (χ1n) is 6.77. The van der Waals surface area contributed by atoms with E-state index in [0.29, 0.717) is 17.1 Å². The maximum absolute atomic E-state index is 11.6. The number of rotatable bonds is 3. The van der Waals surface area contributed by atoms with Crippen LogP contribution in [0.1, 0.15) is 27.4 Å². The summed E-state index contributed by atoms with van der Waals surface area (Å²) >= 11 is 3.35. The summed E-state index contributed by atoms with van der Waals surface area (Å²) in [7, 11) is 1.37. The minimum atomic E-state index is -0.365. The first kappa shape index (κ1) is 15.2. The Kier molecular flexibility index (Phi) is 4.59. The van der Waals surface area contributed by atoms with E-state index in [1.807, 2.05) is 18.2 Å². The second-order valence-corrected chi connectivity index (χ2v) is 6.94. The predicted octanol–water partition coefficient (Wildman–Crippen LogP) is 4.54. The molecule has 0 spiro atoms. The van der Waals surface area contributed by atoms with Crippen molar-refractivity contribution in [3.63, 3.8) is 0 Å². The number of aliphatic imine (C=N–C) groups is 1. The number of thioether (sulfide) groups is 2. The Hall–Kier alpha value is -1.66. The molecule has 1 aliphatic heterocycles. The Morgan fingerprint density at radius 2 is 2.27 bits per heavy atom. The van der Waals surface area contributed by atoms with Gasteiger partial charge in [-0.2, -0.15) is 0 Å². The van der Waals surface area contributed by atoms with E-state index >= 15 is 0 Å². The van der Waals surface area contributed by atoms with Crippen molar-refractivity contribution in [2.75, 3.05) is 7.11 Å². The van der Waals surface area contributed by atoms with E-state index in [-0.39, 0.29) is 5.97 Å². The lowest BCUT2D eigenvalue weighted by molar-refractivity contribution is 0.0599. The van der Waals surface area contributed by atoms with Crippen LogP contribution < -0.4 is 0 Å². The molecule has 1 aromatic heterocycles. The number of methoxy groups -OCH3 is 1. The normalized spacial score (nSPS) is 13.5. The van der Waals surface area contributed by atoms with Gasteiger partial charge in [0.25, 0.3) is 0 Å². The fraction of sp³-hybridized carbons (Fsp3) is 0.250. The average molecular weight is 333 g/mol. The first-order chi connectivity index (χ1) is 10.7. The molecule has 0 bridgehead atoms. The van der Waals surface area contributed by atoms with Crippen LogP contribution in [0.3, 0.4) is 0 Å². The van der Waals surface area contributed by atoms with Gasteiger partial charge in [-0.25, -0.2) is 9.79 Å². The summed E-state index contributed by atoms with van der Waals surface area (Å²) < 4.78 is 11.4. The Balaban J connectivity index is 1.69. The molecular formula is C16H15NO3S2. The third-order valence-electron chi connectivity index (χ3n) is 3.27. The van der Waals surface area contributed by atoms with Gasteiger partial charge in [-0.3, -0.25) is 0 Å². The van der Waals surface area contributed by atoms with Gasteiger partial charge in [0.15, 0.2) is 0 Å². The third kappa shape index (κ3) is 3.23. The van der Waals surface area contributed by atoms with Crippen molar-refractivity contribution < 1.29 is 13.9 Å². The van der Waals surface area contributed by atoms with Crippen molar-refractivity contribution in [1.29, 1.82) is 0 Å². The molecule has 0 fully saturated rings. The zero-order valence-electron chi connectivity index (χ0n) is 12.3. The van der Waals surface area contributed by atoms with Gasteiger partial charge in [0.2, 0.25) is 0 Å². The molecule has 2 heterocycles. The number of carbonyl (C=O) groups excluding carboxylic acids is 1. The van der Waals surface area contributed by atoms with Gasteiger partial charge in [0.05, 0.1) is 18.6 Å². The third-order valence-corrected chi connectivity index (χ3v) is 5.53. The van der Waals surface area contributed by atoms with E-state index < -0.39 is 0 Å². The van der Waals surface area contributed by atoms with Crippen molar-refractivity contribution in [2.45, 2.75) is 18.4 Å². The molecule has 2 aromatic rings. The molecular weight excluding hydrogens is 318 g/mol. The smallest absolute Gasteiger partial charge is 0.341 e. The lowest BCUT2D eigenvalue weighted by Gasteiger charge is -2.13. The van der Waals surface area contributed by atoms with Crippen molar-refractivity contribution >= 4 is 39.6 Å². The van der Waals surface area contributed by atoms with Crippen LogP contribution in [-0.4, -0.2) is 17.5 Å². The van der Waals surface area contributed by atoms with E-state index in [1.54, 1.807) is 36.5 Å². The van der Waals surface area contributed by atoms with E-state index in [0.717, 1.165) is 21.6 Å². The number of aryl methyl sites for hydroxylation is 1. The molecule has 0 saturated heterocycles. The molecule has 0 amide bonds. The molecule has 0 unspecified atom stereocenters. The summed E-state index contributed by atoms with van der Waals surface area (Å²) in [5.74, 6) is 2.56. The highest BCUT2D eigenvalue weighted by Gasteiger charge is 2.17. The molecule has 1 aromatic carbocycles. The van der Waals surface area contributed by atoms with E-state index in [2.05, 4.69) is 11.1 Å². The lowest BCUT2D eigenvalue weighted by Crippen LogP contribution is -2.00. The predicted molar refractivity (Wildman–Crippen MR) is 90.9 cm³/mol. The Morgan fingerprint density at radius 1 is 1.45 bits per heavy atom.